The van der Waals surface area contributed by atoms with Crippen molar-refractivity contribution in [1.29, 1.82) is 0 Å². The Hall–Kier alpha value is -0.890. The van der Waals surface area contributed by atoms with E-state index in [1.807, 2.05) is 6.07 Å². The van der Waals surface area contributed by atoms with Gasteiger partial charge in [0.25, 0.3) is 0 Å². The van der Waals surface area contributed by atoms with E-state index in [1.54, 1.807) is 6.07 Å². The highest BCUT2D eigenvalue weighted by Crippen LogP contribution is 2.52. The molecule has 1 aromatic rings. The summed E-state index contributed by atoms with van der Waals surface area (Å²) in [6.45, 7) is 0. The average Bonchev–Trinajstić information content (AvgIpc) is 2.15. The molecule has 80 valence electrons. The predicted molar refractivity (Wildman–Crippen MR) is 58.1 cm³/mol. The fraction of sp³-hybridized carbons (Fsp3) is 0.538. The van der Waals surface area contributed by atoms with Crippen LogP contribution < -0.4 is 5.73 Å². The SMILES string of the molecule is NC1CCC2(CCC2)c2cc(F)ccc21. The summed E-state index contributed by atoms with van der Waals surface area (Å²) in [7, 11) is 0. The van der Waals surface area contributed by atoms with Gasteiger partial charge in [0.05, 0.1) is 0 Å². The first kappa shape index (κ1) is 9.34. The van der Waals surface area contributed by atoms with Gasteiger partial charge in [0.15, 0.2) is 0 Å². The van der Waals surface area contributed by atoms with Gasteiger partial charge in [-0.05, 0) is 54.4 Å². The highest BCUT2D eigenvalue weighted by Gasteiger charge is 2.43. The molecule has 1 aromatic carbocycles. The van der Waals surface area contributed by atoms with Crippen LogP contribution in [0.25, 0.3) is 0 Å². The van der Waals surface area contributed by atoms with E-state index in [0.717, 1.165) is 12.8 Å². The Morgan fingerprint density at radius 2 is 2.07 bits per heavy atom. The normalized spacial score (nSPS) is 27.2. The first-order valence-electron chi connectivity index (χ1n) is 5.77. The third-order valence-corrected chi connectivity index (χ3v) is 4.23. The van der Waals surface area contributed by atoms with Crippen molar-refractivity contribution in [3.05, 3.63) is 35.1 Å². The second kappa shape index (κ2) is 3.05. The molecule has 3 rings (SSSR count). The van der Waals surface area contributed by atoms with Gasteiger partial charge in [-0.1, -0.05) is 12.5 Å². The van der Waals surface area contributed by atoms with Crippen LogP contribution in [-0.2, 0) is 5.41 Å². The van der Waals surface area contributed by atoms with Gasteiger partial charge in [-0.25, -0.2) is 4.39 Å². The molecular weight excluding hydrogens is 189 g/mol. The van der Waals surface area contributed by atoms with Gasteiger partial charge in [-0.3, -0.25) is 0 Å². The van der Waals surface area contributed by atoms with Crippen LogP contribution in [-0.4, -0.2) is 0 Å². The highest BCUT2D eigenvalue weighted by molar-refractivity contribution is 5.40. The zero-order valence-corrected chi connectivity index (χ0v) is 8.80. The minimum atomic E-state index is -0.117. The molecule has 0 radical (unpaired) electrons. The maximum Gasteiger partial charge on any atom is 0.123 e. The molecule has 0 bridgehead atoms. The van der Waals surface area contributed by atoms with Crippen LogP contribution in [0.4, 0.5) is 4.39 Å². The molecule has 1 fully saturated rings. The van der Waals surface area contributed by atoms with E-state index < -0.39 is 0 Å². The summed E-state index contributed by atoms with van der Waals surface area (Å²) in [6.07, 6.45) is 5.92. The van der Waals surface area contributed by atoms with Crippen molar-refractivity contribution >= 4 is 0 Å². The fourth-order valence-corrected chi connectivity index (χ4v) is 3.16. The third-order valence-electron chi connectivity index (χ3n) is 4.23. The Kier molecular flexibility index (Phi) is 1.90. The predicted octanol–water partition coefficient (Wildman–Crippen LogP) is 3.04. The summed E-state index contributed by atoms with van der Waals surface area (Å²) in [5, 5.41) is 0. The van der Waals surface area contributed by atoms with E-state index in [9.17, 15) is 4.39 Å². The molecule has 2 aliphatic rings. The van der Waals surface area contributed by atoms with Crippen molar-refractivity contribution in [1.82, 2.24) is 0 Å². The molecule has 0 heterocycles. The first-order chi connectivity index (χ1) is 7.21. The molecule has 0 aliphatic heterocycles. The first-order valence-corrected chi connectivity index (χ1v) is 5.77. The van der Waals surface area contributed by atoms with Crippen molar-refractivity contribution in [2.24, 2.45) is 5.73 Å². The molecule has 2 aliphatic carbocycles. The number of nitrogens with two attached hydrogens (primary N) is 1. The minimum Gasteiger partial charge on any atom is -0.324 e. The lowest BCUT2D eigenvalue weighted by molar-refractivity contribution is 0.198. The quantitative estimate of drug-likeness (QED) is 0.692. The van der Waals surface area contributed by atoms with Gasteiger partial charge < -0.3 is 5.73 Å². The Labute approximate surface area is 89.5 Å². The number of hydrogen-bond acceptors (Lipinski definition) is 1. The van der Waals surface area contributed by atoms with Gasteiger partial charge >= 0.3 is 0 Å². The van der Waals surface area contributed by atoms with Crippen LogP contribution in [0.3, 0.4) is 0 Å². The number of rotatable bonds is 0. The number of fused-ring (bicyclic) bond motifs is 2. The van der Waals surface area contributed by atoms with Crippen molar-refractivity contribution in [3.63, 3.8) is 0 Å². The third kappa shape index (κ3) is 1.24. The van der Waals surface area contributed by atoms with Crippen molar-refractivity contribution in [3.8, 4) is 0 Å². The van der Waals surface area contributed by atoms with Crippen LogP contribution in [0.5, 0.6) is 0 Å². The fourth-order valence-electron chi connectivity index (χ4n) is 3.16. The Morgan fingerprint density at radius 3 is 2.73 bits per heavy atom. The summed E-state index contributed by atoms with van der Waals surface area (Å²) in [6, 6.07) is 5.25. The molecule has 2 N–H and O–H groups in total. The monoisotopic (exact) mass is 205 g/mol. The van der Waals surface area contributed by atoms with Crippen LogP contribution in [0.15, 0.2) is 18.2 Å². The summed E-state index contributed by atoms with van der Waals surface area (Å²) in [5.41, 5.74) is 8.74. The van der Waals surface area contributed by atoms with E-state index in [0.29, 0.717) is 0 Å². The molecule has 1 atom stereocenters. The summed E-state index contributed by atoms with van der Waals surface area (Å²) in [5.74, 6) is -0.117. The average molecular weight is 205 g/mol. The van der Waals surface area contributed by atoms with Gasteiger partial charge in [0.2, 0.25) is 0 Å². The van der Waals surface area contributed by atoms with Crippen LogP contribution in [0.2, 0.25) is 0 Å². The molecule has 15 heavy (non-hydrogen) atoms. The lowest BCUT2D eigenvalue weighted by atomic mass is 9.57. The molecule has 2 heteroatoms. The molecular formula is C13H16FN. The van der Waals surface area contributed by atoms with Crippen LogP contribution in [0, 0.1) is 5.82 Å². The van der Waals surface area contributed by atoms with Crippen molar-refractivity contribution < 1.29 is 4.39 Å². The second-order valence-electron chi connectivity index (χ2n) is 5.01. The molecule has 0 amide bonds. The summed E-state index contributed by atoms with van der Waals surface area (Å²) < 4.78 is 13.3. The van der Waals surface area contributed by atoms with Crippen molar-refractivity contribution in [2.75, 3.05) is 0 Å². The molecule has 1 nitrogen and oxygen atoms in total. The van der Waals surface area contributed by atoms with Gasteiger partial charge in [-0.15, -0.1) is 0 Å². The van der Waals surface area contributed by atoms with E-state index >= 15 is 0 Å². The molecule has 1 spiro atoms. The van der Waals surface area contributed by atoms with E-state index in [1.165, 1.54) is 36.5 Å². The topological polar surface area (TPSA) is 26.0 Å². The van der Waals surface area contributed by atoms with Crippen LogP contribution >= 0.6 is 0 Å². The van der Waals surface area contributed by atoms with E-state index in [-0.39, 0.29) is 17.3 Å². The molecule has 0 aromatic heterocycles. The largest absolute Gasteiger partial charge is 0.324 e. The lowest BCUT2D eigenvalue weighted by Crippen LogP contribution is -2.40. The standard InChI is InChI=1S/C13H16FN/c14-9-2-3-10-11(8-9)13(5-1-6-13)7-4-12(10)15/h2-3,8,12H,1,4-7,15H2. The van der Waals surface area contributed by atoms with E-state index in [4.69, 9.17) is 5.73 Å². The molecule has 0 saturated heterocycles. The van der Waals surface area contributed by atoms with Gasteiger partial charge in [0, 0.05) is 6.04 Å². The zero-order valence-electron chi connectivity index (χ0n) is 8.80. The number of benzene rings is 1. The smallest absolute Gasteiger partial charge is 0.123 e. The maximum atomic E-state index is 13.3. The van der Waals surface area contributed by atoms with Gasteiger partial charge in [-0.2, -0.15) is 0 Å². The van der Waals surface area contributed by atoms with Crippen molar-refractivity contribution in [2.45, 2.75) is 43.6 Å². The molecule has 1 unspecified atom stereocenters. The minimum absolute atomic E-state index is 0.117. The number of halogens is 1. The zero-order chi connectivity index (χ0) is 10.5. The Morgan fingerprint density at radius 1 is 1.27 bits per heavy atom. The van der Waals surface area contributed by atoms with E-state index in [2.05, 4.69) is 0 Å². The highest BCUT2D eigenvalue weighted by atomic mass is 19.1. The Balaban J connectivity index is 2.14. The number of hydrogen-bond donors (Lipinski definition) is 1. The Bertz CT molecular complexity index is 396. The summed E-state index contributed by atoms with van der Waals surface area (Å²) >= 11 is 0. The van der Waals surface area contributed by atoms with Crippen LogP contribution in [0.1, 0.15) is 49.3 Å². The molecule has 1 saturated carbocycles. The second-order valence-corrected chi connectivity index (χ2v) is 5.01. The summed E-state index contributed by atoms with van der Waals surface area (Å²) in [4.78, 5) is 0. The lowest BCUT2D eigenvalue weighted by Gasteiger charge is -2.47. The van der Waals surface area contributed by atoms with Gasteiger partial charge in [0.1, 0.15) is 5.82 Å². The maximum absolute atomic E-state index is 13.3.